The Labute approximate surface area is 128 Å². The van der Waals surface area contributed by atoms with E-state index in [1.807, 2.05) is 18.2 Å². The Balaban J connectivity index is 1.51. The minimum Gasteiger partial charge on any atom is -0.463 e. The predicted octanol–water partition coefficient (Wildman–Crippen LogP) is 1.39. The Kier molecular flexibility index (Phi) is 4.63. The molecule has 0 amide bonds. The molecule has 2 aromatic heterocycles. The Morgan fingerprint density at radius 2 is 1.95 bits per heavy atom. The summed E-state index contributed by atoms with van der Waals surface area (Å²) in [5, 5.41) is 19.5. The van der Waals surface area contributed by atoms with Gasteiger partial charge in [0.1, 0.15) is 23.4 Å². The van der Waals surface area contributed by atoms with Gasteiger partial charge < -0.3 is 14.5 Å². The van der Waals surface area contributed by atoms with Crippen LogP contribution in [0.1, 0.15) is 17.2 Å². The Morgan fingerprint density at radius 3 is 2.68 bits per heavy atom. The van der Waals surface area contributed by atoms with Crippen molar-refractivity contribution in [1.29, 1.82) is 5.26 Å². The van der Waals surface area contributed by atoms with Crippen molar-refractivity contribution in [2.45, 2.75) is 13.1 Å². The molecule has 3 heterocycles. The van der Waals surface area contributed by atoms with Gasteiger partial charge in [-0.3, -0.25) is 4.90 Å². The fraction of sp³-hybridized carbons (Fsp3) is 0.400. The van der Waals surface area contributed by atoms with Gasteiger partial charge in [0.05, 0.1) is 26.3 Å². The number of hydrogen-bond donors (Lipinski definition) is 1. The summed E-state index contributed by atoms with van der Waals surface area (Å²) in [6, 6.07) is 9.24. The molecule has 1 saturated heterocycles. The van der Waals surface area contributed by atoms with Crippen molar-refractivity contribution >= 4 is 5.82 Å². The summed E-state index contributed by atoms with van der Waals surface area (Å²) in [5.41, 5.74) is 0.302. The highest BCUT2D eigenvalue weighted by Gasteiger charge is 2.12. The van der Waals surface area contributed by atoms with Gasteiger partial charge in [-0.15, -0.1) is 10.2 Å². The molecule has 0 radical (unpaired) electrons. The second-order valence-electron chi connectivity index (χ2n) is 5.03. The molecule has 1 fully saturated rings. The highest BCUT2D eigenvalue weighted by Crippen LogP contribution is 2.13. The van der Waals surface area contributed by atoms with Crippen LogP contribution in [0.25, 0.3) is 0 Å². The molecule has 7 heteroatoms. The van der Waals surface area contributed by atoms with Crippen molar-refractivity contribution in [2.75, 3.05) is 31.6 Å². The first-order chi connectivity index (χ1) is 10.8. The van der Waals surface area contributed by atoms with Crippen LogP contribution >= 0.6 is 0 Å². The van der Waals surface area contributed by atoms with Gasteiger partial charge in [0.2, 0.25) is 0 Å². The van der Waals surface area contributed by atoms with Gasteiger partial charge >= 0.3 is 0 Å². The summed E-state index contributed by atoms with van der Waals surface area (Å²) < 4.78 is 11.1. The van der Waals surface area contributed by atoms with Crippen LogP contribution in [-0.4, -0.2) is 41.4 Å². The maximum atomic E-state index is 8.67. The number of furan rings is 1. The first kappa shape index (κ1) is 14.5. The van der Waals surface area contributed by atoms with Crippen molar-refractivity contribution in [3.63, 3.8) is 0 Å². The first-order valence-corrected chi connectivity index (χ1v) is 7.19. The van der Waals surface area contributed by atoms with Crippen LogP contribution in [0.4, 0.5) is 5.82 Å². The second kappa shape index (κ2) is 7.02. The molecule has 0 saturated carbocycles. The molecule has 1 N–H and O–H groups in total. The highest BCUT2D eigenvalue weighted by molar-refractivity contribution is 5.35. The molecule has 1 aliphatic heterocycles. The molecular weight excluding hydrogens is 282 g/mol. The third-order valence-corrected chi connectivity index (χ3v) is 3.42. The molecule has 0 bridgehead atoms. The zero-order valence-corrected chi connectivity index (χ0v) is 12.2. The van der Waals surface area contributed by atoms with Crippen molar-refractivity contribution < 1.29 is 9.15 Å². The van der Waals surface area contributed by atoms with E-state index in [2.05, 4.69) is 20.4 Å². The summed E-state index contributed by atoms with van der Waals surface area (Å²) in [4.78, 5) is 2.31. The number of nitriles is 1. The molecule has 1 aliphatic rings. The van der Waals surface area contributed by atoms with Crippen molar-refractivity contribution in [2.24, 2.45) is 0 Å². The van der Waals surface area contributed by atoms with Gasteiger partial charge in [0, 0.05) is 13.1 Å². The zero-order chi connectivity index (χ0) is 15.2. The summed E-state index contributed by atoms with van der Waals surface area (Å²) in [6.07, 6.45) is 0. The van der Waals surface area contributed by atoms with Crippen molar-refractivity contribution in [3.05, 3.63) is 41.5 Å². The maximum Gasteiger partial charge on any atom is 0.163 e. The van der Waals surface area contributed by atoms with Gasteiger partial charge in [0.25, 0.3) is 0 Å². The maximum absolute atomic E-state index is 8.67. The van der Waals surface area contributed by atoms with Crippen LogP contribution in [0.5, 0.6) is 0 Å². The van der Waals surface area contributed by atoms with E-state index >= 15 is 0 Å². The van der Waals surface area contributed by atoms with Crippen LogP contribution in [0.2, 0.25) is 0 Å². The lowest BCUT2D eigenvalue weighted by atomic mass is 10.3. The quantitative estimate of drug-likeness (QED) is 0.892. The summed E-state index contributed by atoms with van der Waals surface area (Å²) in [5.74, 6) is 2.41. The number of ether oxygens (including phenoxy) is 1. The van der Waals surface area contributed by atoms with Gasteiger partial charge in [0.15, 0.2) is 5.69 Å². The summed E-state index contributed by atoms with van der Waals surface area (Å²) >= 11 is 0. The molecular formula is C15H17N5O2. The van der Waals surface area contributed by atoms with Gasteiger partial charge in [-0.1, -0.05) is 0 Å². The minimum absolute atomic E-state index is 0.302. The smallest absolute Gasteiger partial charge is 0.163 e. The Morgan fingerprint density at radius 1 is 1.14 bits per heavy atom. The normalized spacial score (nSPS) is 15.4. The number of nitrogens with zero attached hydrogens (tertiary/aromatic N) is 4. The average molecular weight is 299 g/mol. The molecule has 114 valence electrons. The lowest BCUT2D eigenvalue weighted by Gasteiger charge is -2.25. The highest BCUT2D eigenvalue weighted by atomic mass is 16.5. The van der Waals surface area contributed by atoms with Gasteiger partial charge in [-0.05, 0) is 24.3 Å². The van der Waals surface area contributed by atoms with E-state index < -0.39 is 0 Å². The SMILES string of the molecule is N#Cc1ccc(NCc2ccc(CN3CCOCC3)o2)nn1. The van der Waals surface area contributed by atoms with Crippen LogP contribution in [0.15, 0.2) is 28.7 Å². The third kappa shape index (κ3) is 3.81. The third-order valence-electron chi connectivity index (χ3n) is 3.42. The van der Waals surface area contributed by atoms with Crippen LogP contribution < -0.4 is 5.32 Å². The molecule has 0 spiro atoms. The predicted molar refractivity (Wildman–Crippen MR) is 78.9 cm³/mol. The Bertz CT molecular complexity index is 641. The number of nitrogens with one attached hydrogen (secondary N) is 1. The molecule has 2 aromatic rings. The molecule has 0 unspecified atom stereocenters. The molecule has 22 heavy (non-hydrogen) atoms. The molecule has 7 nitrogen and oxygen atoms in total. The second-order valence-corrected chi connectivity index (χ2v) is 5.03. The van der Waals surface area contributed by atoms with Gasteiger partial charge in [-0.2, -0.15) is 5.26 Å². The van der Waals surface area contributed by atoms with E-state index in [4.69, 9.17) is 14.4 Å². The van der Waals surface area contributed by atoms with E-state index in [9.17, 15) is 0 Å². The standard InChI is InChI=1S/C15H17N5O2/c16-9-12-1-4-15(19-18-12)17-10-13-2-3-14(22-13)11-20-5-7-21-8-6-20/h1-4H,5-8,10-11H2,(H,17,19). The minimum atomic E-state index is 0.302. The molecule has 0 aliphatic carbocycles. The van der Waals surface area contributed by atoms with Gasteiger partial charge in [-0.25, -0.2) is 0 Å². The Hall–Kier alpha value is -2.43. The first-order valence-electron chi connectivity index (χ1n) is 7.19. The largest absolute Gasteiger partial charge is 0.463 e. The fourth-order valence-electron chi connectivity index (χ4n) is 2.25. The van der Waals surface area contributed by atoms with Crippen LogP contribution in [0, 0.1) is 11.3 Å². The van der Waals surface area contributed by atoms with E-state index in [-0.39, 0.29) is 0 Å². The number of anilines is 1. The molecule has 0 aromatic carbocycles. The topological polar surface area (TPSA) is 87.2 Å². The summed E-state index contributed by atoms with van der Waals surface area (Å²) in [6.45, 7) is 4.78. The molecule has 3 rings (SSSR count). The number of hydrogen-bond acceptors (Lipinski definition) is 7. The van der Waals surface area contributed by atoms with E-state index in [1.54, 1.807) is 12.1 Å². The lowest BCUT2D eigenvalue weighted by molar-refractivity contribution is 0.0312. The van der Waals surface area contributed by atoms with E-state index in [0.717, 1.165) is 44.4 Å². The zero-order valence-electron chi connectivity index (χ0n) is 12.2. The number of rotatable bonds is 5. The average Bonchev–Trinajstić information content (AvgIpc) is 3.02. The van der Waals surface area contributed by atoms with Crippen LogP contribution in [-0.2, 0) is 17.8 Å². The number of aromatic nitrogens is 2. The summed E-state index contributed by atoms with van der Waals surface area (Å²) in [7, 11) is 0. The molecule has 0 atom stereocenters. The van der Waals surface area contributed by atoms with Crippen molar-refractivity contribution in [1.82, 2.24) is 15.1 Å². The van der Waals surface area contributed by atoms with Crippen molar-refractivity contribution in [3.8, 4) is 6.07 Å². The number of morpholine rings is 1. The van der Waals surface area contributed by atoms with E-state index in [1.165, 1.54) is 0 Å². The van der Waals surface area contributed by atoms with E-state index in [0.29, 0.717) is 18.1 Å². The monoisotopic (exact) mass is 299 g/mol. The van der Waals surface area contributed by atoms with Crippen LogP contribution in [0.3, 0.4) is 0 Å². The lowest BCUT2D eigenvalue weighted by Crippen LogP contribution is -2.35. The fourth-order valence-corrected chi connectivity index (χ4v) is 2.25.